The lowest BCUT2D eigenvalue weighted by Gasteiger charge is -2.32. The Bertz CT molecular complexity index is 1220. The van der Waals surface area contributed by atoms with E-state index in [2.05, 4.69) is 21.2 Å². The fourth-order valence-corrected chi connectivity index (χ4v) is 5.86. The summed E-state index contributed by atoms with van der Waals surface area (Å²) in [7, 11) is -3.58. The molecule has 30 heavy (non-hydrogen) atoms. The van der Waals surface area contributed by atoms with Crippen molar-refractivity contribution in [3.63, 3.8) is 0 Å². The minimum absolute atomic E-state index is 0.0791. The Morgan fingerprint density at radius 2 is 1.93 bits per heavy atom. The Balaban J connectivity index is 1.46. The van der Waals surface area contributed by atoms with Crippen LogP contribution < -0.4 is 5.32 Å². The molecule has 0 aliphatic carbocycles. The standard InChI is InChI=1S/C20H18BrClN2O5S/c21-19-15-11-18(20(25)26)29-17(15)5-4-16(19)23-13-6-8-24(9-7-13)30(27,28)14-3-1-2-12(22)10-14/h1-5,10-11,13,23H,6-9H2,(H,25,26). The average Bonchev–Trinajstić information content (AvgIpc) is 3.16. The second-order valence-corrected chi connectivity index (χ2v) is 10.2. The number of fused-ring (bicyclic) bond motifs is 1. The number of piperidine rings is 1. The molecular weight excluding hydrogens is 496 g/mol. The molecule has 3 aromatic rings. The number of sulfonamides is 1. The molecule has 0 radical (unpaired) electrons. The number of carboxylic acids is 1. The number of furan rings is 1. The van der Waals surface area contributed by atoms with E-state index in [4.69, 9.17) is 21.1 Å². The first-order valence-electron chi connectivity index (χ1n) is 9.23. The molecule has 0 bridgehead atoms. The summed E-state index contributed by atoms with van der Waals surface area (Å²) in [5, 5.41) is 13.6. The van der Waals surface area contributed by atoms with Crippen LogP contribution in [0.2, 0.25) is 5.02 Å². The summed E-state index contributed by atoms with van der Waals surface area (Å²) in [6, 6.07) is 11.4. The van der Waals surface area contributed by atoms with Gasteiger partial charge < -0.3 is 14.8 Å². The van der Waals surface area contributed by atoms with Crippen molar-refractivity contribution < 1.29 is 22.7 Å². The highest BCUT2D eigenvalue weighted by atomic mass is 79.9. The second-order valence-electron chi connectivity index (χ2n) is 7.03. The summed E-state index contributed by atoms with van der Waals surface area (Å²) >= 11 is 9.46. The Kier molecular flexibility index (Phi) is 5.80. The SMILES string of the molecule is O=C(O)c1cc2c(Br)c(NC3CCN(S(=O)(=O)c4cccc(Cl)c4)CC3)ccc2o1. The van der Waals surface area contributed by atoms with E-state index in [9.17, 15) is 13.2 Å². The van der Waals surface area contributed by atoms with Crippen LogP contribution in [0, 0.1) is 0 Å². The predicted molar refractivity (Wildman–Crippen MR) is 118 cm³/mol. The van der Waals surface area contributed by atoms with Crippen LogP contribution in [-0.2, 0) is 10.0 Å². The highest BCUT2D eigenvalue weighted by molar-refractivity contribution is 9.10. The van der Waals surface area contributed by atoms with Crippen LogP contribution in [0.3, 0.4) is 0 Å². The first-order valence-corrected chi connectivity index (χ1v) is 11.8. The Labute approximate surface area is 186 Å². The first kappa shape index (κ1) is 21.2. The van der Waals surface area contributed by atoms with E-state index in [1.807, 2.05) is 6.07 Å². The van der Waals surface area contributed by atoms with Gasteiger partial charge in [-0.2, -0.15) is 4.31 Å². The summed E-state index contributed by atoms with van der Waals surface area (Å²) in [4.78, 5) is 11.3. The summed E-state index contributed by atoms with van der Waals surface area (Å²) in [5.41, 5.74) is 1.28. The van der Waals surface area contributed by atoms with Gasteiger partial charge in [0.05, 0.1) is 9.37 Å². The van der Waals surface area contributed by atoms with Crippen LogP contribution in [-0.4, -0.2) is 42.9 Å². The van der Waals surface area contributed by atoms with E-state index >= 15 is 0 Å². The highest BCUT2D eigenvalue weighted by Crippen LogP contribution is 2.35. The third kappa shape index (κ3) is 4.07. The number of aromatic carboxylic acids is 1. The molecular formula is C20H18BrClN2O5S. The van der Waals surface area contributed by atoms with E-state index in [0.717, 1.165) is 5.69 Å². The van der Waals surface area contributed by atoms with Crippen LogP contribution in [0.25, 0.3) is 11.0 Å². The number of nitrogens with one attached hydrogen (secondary N) is 1. The van der Waals surface area contributed by atoms with Gasteiger partial charge in [-0.3, -0.25) is 0 Å². The lowest BCUT2D eigenvalue weighted by Crippen LogP contribution is -2.42. The van der Waals surface area contributed by atoms with E-state index in [1.54, 1.807) is 24.3 Å². The fraction of sp³-hybridized carbons (Fsp3) is 0.250. The Morgan fingerprint density at radius 1 is 1.20 bits per heavy atom. The predicted octanol–water partition coefficient (Wildman–Crippen LogP) is 4.81. The topological polar surface area (TPSA) is 99.9 Å². The van der Waals surface area contributed by atoms with Crippen LogP contribution in [0.15, 0.2) is 56.2 Å². The first-order chi connectivity index (χ1) is 14.3. The van der Waals surface area contributed by atoms with Crippen molar-refractivity contribution in [2.45, 2.75) is 23.8 Å². The van der Waals surface area contributed by atoms with Crippen molar-refractivity contribution in [1.29, 1.82) is 0 Å². The lowest BCUT2D eigenvalue weighted by molar-refractivity contribution is 0.0665. The number of anilines is 1. The van der Waals surface area contributed by atoms with Crippen molar-refractivity contribution in [3.8, 4) is 0 Å². The van der Waals surface area contributed by atoms with Crippen LogP contribution in [0.1, 0.15) is 23.4 Å². The van der Waals surface area contributed by atoms with Crippen molar-refractivity contribution >= 4 is 60.2 Å². The van der Waals surface area contributed by atoms with Gasteiger partial charge in [0.15, 0.2) is 0 Å². The summed E-state index contributed by atoms with van der Waals surface area (Å²) in [6.45, 7) is 0.780. The molecule has 0 atom stereocenters. The fourth-order valence-electron chi connectivity index (χ4n) is 3.53. The number of nitrogens with zero attached hydrogens (tertiary/aromatic N) is 1. The van der Waals surface area contributed by atoms with Gasteiger partial charge in [0.2, 0.25) is 15.8 Å². The lowest BCUT2D eigenvalue weighted by atomic mass is 10.1. The molecule has 0 amide bonds. The monoisotopic (exact) mass is 512 g/mol. The van der Waals surface area contributed by atoms with Gasteiger partial charge in [0, 0.05) is 41.3 Å². The van der Waals surface area contributed by atoms with Crippen LogP contribution in [0.4, 0.5) is 5.69 Å². The number of hydrogen-bond donors (Lipinski definition) is 2. The molecule has 2 heterocycles. The number of rotatable bonds is 5. The summed E-state index contributed by atoms with van der Waals surface area (Å²) < 4.78 is 33.2. The average molecular weight is 514 g/mol. The molecule has 0 spiro atoms. The molecule has 158 valence electrons. The highest BCUT2D eigenvalue weighted by Gasteiger charge is 2.30. The van der Waals surface area contributed by atoms with Crippen molar-refractivity contribution in [2.24, 2.45) is 0 Å². The maximum absolute atomic E-state index is 12.8. The zero-order chi connectivity index (χ0) is 21.5. The number of carbonyl (C=O) groups is 1. The summed E-state index contributed by atoms with van der Waals surface area (Å²) in [6.07, 6.45) is 1.27. The van der Waals surface area contributed by atoms with E-state index in [-0.39, 0.29) is 16.7 Å². The molecule has 7 nitrogen and oxygen atoms in total. The zero-order valence-electron chi connectivity index (χ0n) is 15.6. The van der Waals surface area contributed by atoms with E-state index in [1.165, 1.54) is 16.4 Å². The molecule has 2 aromatic carbocycles. The minimum atomic E-state index is -3.58. The molecule has 1 aliphatic rings. The van der Waals surface area contributed by atoms with Gasteiger partial charge in [-0.15, -0.1) is 0 Å². The third-order valence-corrected chi connectivity index (χ3v) is 8.08. The van der Waals surface area contributed by atoms with Gasteiger partial charge in [-0.25, -0.2) is 13.2 Å². The quantitative estimate of drug-likeness (QED) is 0.508. The molecule has 10 heteroatoms. The van der Waals surface area contributed by atoms with E-state index < -0.39 is 16.0 Å². The molecule has 1 aromatic heterocycles. The van der Waals surface area contributed by atoms with Crippen LogP contribution in [0.5, 0.6) is 0 Å². The minimum Gasteiger partial charge on any atom is -0.475 e. The van der Waals surface area contributed by atoms with Crippen LogP contribution >= 0.6 is 27.5 Å². The normalized spacial score (nSPS) is 16.1. The number of carboxylic acid groups (broad SMARTS) is 1. The molecule has 1 fully saturated rings. The van der Waals surface area contributed by atoms with Gasteiger partial charge >= 0.3 is 5.97 Å². The van der Waals surface area contributed by atoms with Crippen molar-refractivity contribution in [2.75, 3.05) is 18.4 Å². The molecule has 2 N–H and O–H groups in total. The maximum atomic E-state index is 12.8. The van der Waals surface area contributed by atoms with E-state index in [0.29, 0.717) is 46.4 Å². The number of benzene rings is 2. The Morgan fingerprint density at radius 3 is 2.60 bits per heavy atom. The number of hydrogen-bond acceptors (Lipinski definition) is 5. The second kappa shape index (κ2) is 8.22. The third-order valence-electron chi connectivity index (χ3n) is 5.09. The Hall–Kier alpha value is -2.07. The molecule has 4 rings (SSSR count). The molecule has 1 aliphatic heterocycles. The van der Waals surface area contributed by atoms with Gasteiger partial charge in [0.1, 0.15) is 5.58 Å². The van der Waals surface area contributed by atoms with Crippen molar-refractivity contribution in [3.05, 3.63) is 57.7 Å². The zero-order valence-corrected chi connectivity index (χ0v) is 18.8. The molecule has 1 saturated heterocycles. The summed E-state index contributed by atoms with van der Waals surface area (Å²) in [5.74, 6) is -1.25. The van der Waals surface area contributed by atoms with Gasteiger partial charge in [0.25, 0.3) is 0 Å². The maximum Gasteiger partial charge on any atom is 0.371 e. The smallest absolute Gasteiger partial charge is 0.371 e. The number of halogens is 2. The van der Waals surface area contributed by atoms with Gasteiger partial charge in [-0.05, 0) is 59.1 Å². The van der Waals surface area contributed by atoms with Gasteiger partial charge in [-0.1, -0.05) is 17.7 Å². The molecule has 0 unspecified atom stereocenters. The van der Waals surface area contributed by atoms with Crippen molar-refractivity contribution in [1.82, 2.24) is 4.31 Å². The largest absolute Gasteiger partial charge is 0.475 e. The molecule has 0 saturated carbocycles.